The van der Waals surface area contributed by atoms with Crippen molar-refractivity contribution in [2.24, 2.45) is 10.4 Å². The predicted molar refractivity (Wildman–Crippen MR) is 141 cm³/mol. The zero-order chi connectivity index (χ0) is 28.5. The Labute approximate surface area is 229 Å². The molecule has 1 saturated heterocycles. The topological polar surface area (TPSA) is 106 Å². The molecule has 1 aliphatic carbocycles. The van der Waals surface area contributed by atoms with E-state index in [1.807, 2.05) is 0 Å². The van der Waals surface area contributed by atoms with Gasteiger partial charge in [-0.25, -0.2) is 18.2 Å². The Bertz CT molecular complexity index is 1360. The number of benzene rings is 2. The van der Waals surface area contributed by atoms with Crippen LogP contribution in [-0.4, -0.2) is 51.4 Å². The highest BCUT2D eigenvalue weighted by Gasteiger charge is 2.57. The summed E-state index contributed by atoms with van der Waals surface area (Å²) in [7, 11) is -2.63. The molecule has 13 heteroatoms. The predicted octanol–water partition coefficient (Wildman–Crippen LogP) is 5.90. The summed E-state index contributed by atoms with van der Waals surface area (Å²) < 4.78 is 73.8. The van der Waals surface area contributed by atoms with Gasteiger partial charge in [-0.1, -0.05) is 11.6 Å². The molecule has 212 valence electrons. The van der Waals surface area contributed by atoms with Crippen LogP contribution in [0.5, 0.6) is 17.2 Å². The number of sulfone groups is 1. The normalized spacial score (nSPS) is 21.5. The van der Waals surface area contributed by atoms with E-state index in [0.29, 0.717) is 19.3 Å². The molecule has 1 aliphatic heterocycles. The second-order valence-electron chi connectivity index (χ2n) is 9.89. The van der Waals surface area contributed by atoms with Crippen molar-refractivity contribution in [1.29, 1.82) is 0 Å². The Morgan fingerprint density at radius 2 is 1.69 bits per heavy atom. The molecule has 2 aliphatic rings. The molecule has 4 rings (SSSR count). The summed E-state index contributed by atoms with van der Waals surface area (Å²) in [6.07, 6.45) is -1.80. The number of piperidine rings is 1. The molecule has 1 atom stereocenters. The molecule has 2 amide bonds. The SMILES string of the molecule is CNC(=O)N=C(C)C1(S(=O)(=O)c2ccc(Oc3ccc(OC(F)(F)F)cc3)c(Cl)c2)CCC2(CCNCC2)C1. The zero-order valence-electron chi connectivity index (χ0n) is 21.4. The van der Waals surface area contributed by atoms with E-state index in [2.05, 4.69) is 20.4 Å². The van der Waals surface area contributed by atoms with E-state index in [0.717, 1.165) is 38.1 Å². The molecule has 1 unspecified atom stereocenters. The lowest BCUT2D eigenvalue weighted by Gasteiger charge is -2.37. The first-order chi connectivity index (χ1) is 18.3. The van der Waals surface area contributed by atoms with Crippen LogP contribution >= 0.6 is 11.6 Å². The second-order valence-corrected chi connectivity index (χ2v) is 12.6. The summed E-state index contributed by atoms with van der Waals surface area (Å²) >= 11 is 6.42. The van der Waals surface area contributed by atoms with Crippen molar-refractivity contribution in [3.8, 4) is 17.2 Å². The molecule has 0 bridgehead atoms. The van der Waals surface area contributed by atoms with Crippen LogP contribution < -0.4 is 20.1 Å². The number of nitrogens with zero attached hydrogens (tertiary/aromatic N) is 1. The van der Waals surface area contributed by atoms with Gasteiger partial charge in [0, 0.05) is 12.8 Å². The number of halogens is 4. The molecule has 1 spiro atoms. The fourth-order valence-corrected chi connectivity index (χ4v) is 8.03. The second kappa shape index (κ2) is 11.0. The average molecular weight is 588 g/mol. The maximum atomic E-state index is 14.2. The first kappa shape index (κ1) is 29.2. The van der Waals surface area contributed by atoms with Gasteiger partial charge in [-0.15, -0.1) is 13.2 Å². The lowest BCUT2D eigenvalue weighted by atomic mass is 9.76. The maximum Gasteiger partial charge on any atom is 0.573 e. The summed E-state index contributed by atoms with van der Waals surface area (Å²) in [5, 5.41) is 5.74. The minimum Gasteiger partial charge on any atom is -0.456 e. The van der Waals surface area contributed by atoms with E-state index in [9.17, 15) is 26.4 Å². The Balaban J connectivity index is 1.64. The van der Waals surface area contributed by atoms with Crippen LogP contribution in [0.1, 0.15) is 39.0 Å². The van der Waals surface area contributed by atoms with Crippen LogP contribution in [0.25, 0.3) is 0 Å². The van der Waals surface area contributed by atoms with Gasteiger partial charge in [-0.3, -0.25) is 0 Å². The number of alkyl halides is 3. The third-order valence-electron chi connectivity index (χ3n) is 7.54. The Morgan fingerprint density at radius 3 is 2.28 bits per heavy atom. The lowest BCUT2D eigenvalue weighted by molar-refractivity contribution is -0.274. The van der Waals surface area contributed by atoms with Gasteiger partial charge in [0.15, 0.2) is 9.84 Å². The number of aliphatic imine (C=N–C) groups is 1. The highest BCUT2D eigenvalue weighted by Crippen LogP contribution is 2.55. The van der Waals surface area contributed by atoms with Gasteiger partial charge in [0.05, 0.1) is 9.92 Å². The smallest absolute Gasteiger partial charge is 0.456 e. The third-order valence-corrected chi connectivity index (χ3v) is 10.4. The van der Waals surface area contributed by atoms with Crippen LogP contribution in [0.2, 0.25) is 5.02 Å². The highest BCUT2D eigenvalue weighted by molar-refractivity contribution is 7.93. The van der Waals surface area contributed by atoms with Crippen LogP contribution in [0.4, 0.5) is 18.0 Å². The first-order valence-corrected chi connectivity index (χ1v) is 14.2. The lowest BCUT2D eigenvalue weighted by Crippen LogP contribution is -2.46. The Morgan fingerprint density at radius 1 is 1.05 bits per heavy atom. The molecule has 2 N–H and O–H groups in total. The maximum absolute atomic E-state index is 14.2. The van der Waals surface area contributed by atoms with Crippen LogP contribution in [-0.2, 0) is 9.84 Å². The molecule has 2 fully saturated rings. The van der Waals surface area contributed by atoms with Crippen molar-refractivity contribution < 1.29 is 35.9 Å². The van der Waals surface area contributed by atoms with Crippen LogP contribution in [0.15, 0.2) is 52.4 Å². The van der Waals surface area contributed by atoms with Crippen molar-refractivity contribution in [2.75, 3.05) is 20.1 Å². The molecular weight excluding hydrogens is 559 g/mol. The van der Waals surface area contributed by atoms with E-state index in [1.54, 1.807) is 6.92 Å². The number of hydrogen-bond donors (Lipinski definition) is 2. The van der Waals surface area contributed by atoms with Crippen molar-refractivity contribution >= 4 is 33.2 Å². The molecule has 1 heterocycles. The minimum atomic E-state index is -4.82. The molecule has 8 nitrogen and oxygen atoms in total. The van der Waals surface area contributed by atoms with Crippen molar-refractivity contribution in [1.82, 2.24) is 10.6 Å². The van der Waals surface area contributed by atoms with Gasteiger partial charge in [0.1, 0.15) is 22.0 Å². The number of carbonyl (C=O) groups excluding carboxylic acids is 1. The molecule has 2 aromatic rings. The van der Waals surface area contributed by atoms with Gasteiger partial charge >= 0.3 is 12.4 Å². The molecular formula is C26H29ClF3N3O5S. The highest BCUT2D eigenvalue weighted by atomic mass is 35.5. The van der Waals surface area contributed by atoms with E-state index >= 15 is 0 Å². The zero-order valence-corrected chi connectivity index (χ0v) is 23.0. The number of hydrogen-bond acceptors (Lipinski definition) is 6. The summed E-state index contributed by atoms with van der Waals surface area (Å²) in [6, 6.07) is 8.15. The Kier molecular flexibility index (Phi) is 8.21. The molecule has 1 saturated carbocycles. The number of amides is 2. The van der Waals surface area contributed by atoms with Crippen molar-refractivity contribution in [3.05, 3.63) is 47.5 Å². The van der Waals surface area contributed by atoms with E-state index in [4.69, 9.17) is 16.3 Å². The van der Waals surface area contributed by atoms with E-state index in [-0.39, 0.29) is 32.5 Å². The van der Waals surface area contributed by atoms with Crippen molar-refractivity contribution in [2.45, 2.75) is 55.0 Å². The van der Waals surface area contributed by atoms with Gasteiger partial charge in [-0.2, -0.15) is 0 Å². The van der Waals surface area contributed by atoms with Gasteiger partial charge < -0.3 is 20.1 Å². The van der Waals surface area contributed by atoms with Gasteiger partial charge in [-0.05, 0) is 100.0 Å². The average Bonchev–Trinajstić information content (AvgIpc) is 3.26. The monoisotopic (exact) mass is 587 g/mol. The molecule has 2 aromatic carbocycles. The van der Waals surface area contributed by atoms with Crippen LogP contribution in [0.3, 0.4) is 0 Å². The van der Waals surface area contributed by atoms with E-state index in [1.165, 1.54) is 37.4 Å². The third kappa shape index (κ3) is 6.17. The molecule has 39 heavy (non-hydrogen) atoms. The quantitative estimate of drug-likeness (QED) is 0.408. The van der Waals surface area contributed by atoms with Gasteiger partial charge in [0.2, 0.25) is 0 Å². The standard InChI is InChI=1S/C26H29ClF3N3O5S/c1-17(33-23(34)31-2)25(10-9-24(16-25)11-13-32-14-12-24)39(35,36)20-7-8-22(21(27)15-20)37-18-3-5-19(6-4-18)38-26(28,29)30/h3-8,15,32H,9-14,16H2,1-2H3,(H,31,34). The molecule has 0 radical (unpaired) electrons. The van der Waals surface area contributed by atoms with Gasteiger partial charge in [0.25, 0.3) is 0 Å². The first-order valence-electron chi connectivity index (χ1n) is 12.4. The summed E-state index contributed by atoms with van der Waals surface area (Å²) in [5.74, 6) is -0.119. The largest absolute Gasteiger partial charge is 0.573 e. The summed E-state index contributed by atoms with van der Waals surface area (Å²) in [4.78, 5) is 16.2. The number of ether oxygens (including phenoxy) is 2. The van der Waals surface area contributed by atoms with Crippen LogP contribution in [0, 0.1) is 5.41 Å². The van der Waals surface area contributed by atoms with E-state index < -0.39 is 32.7 Å². The Hall–Kier alpha value is -2.83. The molecule has 0 aromatic heterocycles. The fraction of sp³-hybridized carbons (Fsp3) is 0.462. The minimum absolute atomic E-state index is 0.00249. The summed E-state index contributed by atoms with van der Waals surface area (Å²) in [5.41, 5.74) is 0.0574. The number of urea groups is 1. The number of rotatable bonds is 6. The number of nitrogens with one attached hydrogen (secondary N) is 2. The van der Waals surface area contributed by atoms with Crippen molar-refractivity contribution in [3.63, 3.8) is 0 Å². The number of carbonyl (C=O) groups is 1. The summed E-state index contributed by atoms with van der Waals surface area (Å²) in [6.45, 7) is 3.17. The fourth-order valence-electron chi connectivity index (χ4n) is 5.47.